The highest BCUT2D eigenvalue weighted by atomic mass is 35.6. The van der Waals surface area contributed by atoms with Gasteiger partial charge in [0.2, 0.25) is 0 Å². The molecule has 0 spiro atoms. The smallest absolute Gasteiger partial charge is 0.162 e. The molecular formula is C9H19ClSi. The molecule has 0 aromatic rings. The summed E-state index contributed by atoms with van der Waals surface area (Å²) in [5.74, 6) is 0.807. The molecule has 0 heterocycles. The Kier molecular flexibility index (Phi) is 5.10. The van der Waals surface area contributed by atoms with Crippen molar-refractivity contribution in [2.75, 3.05) is 0 Å². The van der Waals surface area contributed by atoms with Gasteiger partial charge in [0.05, 0.1) is 0 Å². The van der Waals surface area contributed by atoms with E-state index >= 15 is 0 Å². The third kappa shape index (κ3) is 6.64. The summed E-state index contributed by atoms with van der Waals surface area (Å²) in [7, 11) is -1.51. The monoisotopic (exact) mass is 190 g/mol. The summed E-state index contributed by atoms with van der Waals surface area (Å²) in [5, 5.41) is 0. The van der Waals surface area contributed by atoms with E-state index in [1.54, 1.807) is 0 Å². The Morgan fingerprint density at radius 2 is 2.09 bits per heavy atom. The third-order valence-electron chi connectivity index (χ3n) is 1.87. The van der Waals surface area contributed by atoms with Crippen LogP contribution in [-0.2, 0) is 0 Å². The molecule has 0 N–H and O–H groups in total. The topological polar surface area (TPSA) is 0 Å². The van der Waals surface area contributed by atoms with Crippen LogP contribution in [0.4, 0.5) is 0 Å². The van der Waals surface area contributed by atoms with Gasteiger partial charge in [-0.25, -0.2) is 0 Å². The molecular weight excluding hydrogens is 172 g/mol. The molecule has 0 aliphatic carbocycles. The standard InChI is InChI=1S/C9H19ClSi/c1-5-11(4,10)8-6-7-9(2)3/h5,9H,1,6-8H2,2-4H3. The van der Waals surface area contributed by atoms with Gasteiger partial charge in [-0.15, -0.1) is 6.58 Å². The predicted octanol–water partition coefficient (Wildman–Crippen LogP) is 3.96. The summed E-state index contributed by atoms with van der Waals surface area (Å²) in [6.07, 6.45) is 2.55. The molecule has 0 nitrogen and oxygen atoms in total. The molecule has 0 amide bonds. The van der Waals surface area contributed by atoms with Gasteiger partial charge in [-0.1, -0.05) is 38.9 Å². The minimum absolute atomic E-state index is 0.807. The maximum atomic E-state index is 6.22. The molecule has 1 unspecified atom stereocenters. The lowest BCUT2D eigenvalue weighted by molar-refractivity contribution is 0.574. The molecule has 0 bridgehead atoms. The molecule has 0 aromatic heterocycles. The zero-order valence-corrected chi connectivity index (χ0v) is 9.62. The van der Waals surface area contributed by atoms with Gasteiger partial charge in [-0.05, 0) is 12.0 Å². The van der Waals surface area contributed by atoms with Crippen LogP contribution in [0.15, 0.2) is 12.3 Å². The first-order chi connectivity index (χ1) is 4.98. The van der Waals surface area contributed by atoms with Gasteiger partial charge in [-0.3, -0.25) is 0 Å². The number of hydrogen-bond acceptors (Lipinski definition) is 0. The summed E-state index contributed by atoms with van der Waals surface area (Å²) in [6, 6.07) is 1.18. The largest absolute Gasteiger partial charge is 0.176 e. The first kappa shape index (κ1) is 11.2. The van der Waals surface area contributed by atoms with E-state index in [1.807, 2.05) is 5.70 Å². The third-order valence-corrected chi connectivity index (χ3v) is 5.08. The van der Waals surface area contributed by atoms with Crippen LogP contribution in [0.1, 0.15) is 26.7 Å². The Bertz CT molecular complexity index is 119. The molecule has 0 aromatic carbocycles. The van der Waals surface area contributed by atoms with Crippen molar-refractivity contribution in [2.45, 2.75) is 39.3 Å². The van der Waals surface area contributed by atoms with Crippen LogP contribution in [0.25, 0.3) is 0 Å². The highest BCUT2D eigenvalue weighted by molar-refractivity contribution is 7.22. The van der Waals surface area contributed by atoms with E-state index in [-0.39, 0.29) is 0 Å². The maximum absolute atomic E-state index is 6.22. The fraction of sp³-hybridized carbons (Fsp3) is 0.778. The molecule has 0 radical (unpaired) electrons. The van der Waals surface area contributed by atoms with Gasteiger partial charge >= 0.3 is 0 Å². The highest BCUT2D eigenvalue weighted by Crippen LogP contribution is 2.20. The van der Waals surface area contributed by atoms with Crippen molar-refractivity contribution in [3.8, 4) is 0 Å². The lowest BCUT2D eigenvalue weighted by Crippen LogP contribution is -2.18. The van der Waals surface area contributed by atoms with Gasteiger partial charge in [0, 0.05) is 0 Å². The summed E-state index contributed by atoms with van der Waals surface area (Å²) in [6.45, 7) is 10.4. The van der Waals surface area contributed by atoms with Crippen LogP contribution in [0.3, 0.4) is 0 Å². The lowest BCUT2D eigenvalue weighted by Gasteiger charge is -2.14. The number of rotatable bonds is 5. The quantitative estimate of drug-likeness (QED) is 0.455. The van der Waals surface area contributed by atoms with E-state index in [2.05, 4.69) is 27.0 Å². The van der Waals surface area contributed by atoms with Crippen molar-refractivity contribution in [1.82, 2.24) is 0 Å². The van der Waals surface area contributed by atoms with Crippen LogP contribution in [0.5, 0.6) is 0 Å². The minimum atomic E-state index is -1.51. The zero-order valence-electron chi connectivity index (χ0n) is 7.86. The van der Waals surface area contributed by atoms with Crippen LogP contribution < -0.4 is 0 Å². The second-order valence-corrected chi connectivity index (χ2v) is 9.82. The molecule has 66 valence electrons. The zero-order chi connectivity index (χ0) is 8.91. The van der Waals surface area contributed by atoms with Crippen molar-refractivity contribution >= 4 is 18.5 Å². The van der Waals surface area contributed by atoms with Gasteiger partial charge in [0.1, 0.15) is 0 Å². The van der Waals surface area contributed by atoms with Crippen molar-refractivity contribution in [3.63, 3.8) is 0 Å². The van der Waals surface area contributed by atoms with Crippen LogP contribution in [0, 0.1) is 5.92 Å². The summed E-state index contributed by atoms with van der Waals surface area (Å²) in [5.41, 5.74) is 1.97. The van der Waals surface area contributed by atoms with E-state index in [0.29, 0.717) is 0 Å². The van der Waals surface area contributed by atoms with E-state index in [4.69, 9.17) is 11.1 Å². The summed E-state index contributed by atoms with van der Waals surface area (Å²) < 4.78 is 0. The van der Waals surface area contributed by atoms with Crippen LogP contribution in [0.2, 0.25) is 12.6 Å². The van der Waals surface area contributed by atoms with Crippen molar-refractivity contribution < 1.29 is 0 Å². The molecule has 0 saturated carbocycles. The van der Waals surface area contributed by atoms with Gasteiger partial charge in [-0.2, -0.15) is 11.1 Å². The number of halogens is 1. The summed E-state index contributed by atoms with van der Waals surface area (Å²) in [4.78, 5) is 0. The lowest BCUT2D eigenvalue weighted by atomic mass is 10.1. The molecule has 0 fully saturated rings. The average Bonchev–Trinajstić information content (AvgIpc) is 1.87. The SMILES string of the molecule is C=C[Si](C)(Cl)CCCC(C)C. The van der Waals surface area contributed by atoms with E-state index < -0.39 is 7.38 Å². The second kappa shape index (κ2) is 4.99. The van der Waals surface area contributed by atoms with Crippen molar-refractivity contribution in [1.29, 1.82) is 0 Å². The molecule has 0 saturated heterocycles. The Balaban J connectivity index is 3.45. The molecule has 0 aliphatic heterocycles. The Labute approximate surface area is 76.4 Å². The van der Waals surface area contributed by atoms with Gasteiger partial charge in [0.15, 0.2) is 7.38 Å². The fourth-order valence-corrected chi connectivity index (χ4v) is 2.46. The highest BCUT2D eigenvalue weighted by Gasteiger charge is 2.18. The Morgan fingerprint density at radius 1 is 1.55 bits per heavy atom. The first-order valence-corrected chi connectivity index (χ1v) is 8.10. The van der Waals surface area contributed by atoms with Crippen LogP contribution >= 0.6 is 11.1 Å². The van der Waals surface area contributed by atoms with E-state index in [9.17, 15) is 0 Å². The summed E-state index contributed by atoms with van der Waals surface area (Å²) >= 11 is 6.22. The van der Waals surface area contributed by atoms with Crippen LogP contribution in [-0.4, -0.2) is 7.38 Å². The Morgan fingerprint density at radius 3 is 2.45 bits per heavy atom. The molecule has 2 heteroatoms. The predicted molar refractivity (Wildman–Crippen MR) is 56.5 cm³/mol. The van der Waals surface area contributed by atoms with Crippen molar-refractivity contribution in [2.24, 2.45) is 5.92 Å². The first-order valence-electron chi connectivity index (χ1n) is 4.30. The van der Waals surface area contributed by atoms with E-state index in [0.717, 1.165) is 5.92 Å². The average molecular weight is 191 g/mol. The Hall–Kier alpha value is 0.247. The minimum Gasteiger partial charge on any atom is -0.162 e. The molecule has 0 rings (SSSR count). The molecule has 0 aliphatic rings. The second-order valence-electron chi connectivity index (χ2n) is 3.77. The molecule has 11 heavy (non-hydrogen) atoms. The maximum Gasteiger partial charge on any atom is 0.176 e. The molecule has 1 atom stereocenters. The van der Waals surface area contributed by atoms with E-state index in [1.165, 1.54) is 18.9 Å². The van der Waals surface area contributed by atoms with Crippen molar-refractivity contribution in [3.05, 3.63) is 12.3 Å². The fourth-order valence-electron chi connectivity index (χ4n) is 0.958. The van der Waals surface area contributed by atoms with Gasteiger partial charge in [0.25, 0.3) is 0 Å². The number of hydrogen-bond donors (Lipinski definition) is 0. The normalized spacial score (nSPS) is 16.5. The van der Waals surface area contributed by atoms with Gasteiger partial charge < -0.3 is 0 Å².